The Balaban J connectivity index is 0.000000155. The molecule has 5 aromatic carbocycles. The van der Waals surface area contributed by atoms with E-state index in [2.05, 4.69) is 87.9 Å². The normalized spacial score (nSPS) is 21.9. The first-order valence-corrected chi connectivity index (χ1v) is 55.4. The predicted molar refractivity (Wildman–Crippen MR) is 553 cm³/mol. The van der Waals surface area contributed by atoms with E-state index >= 15 is 4.39 Å². The molecule has 13 heterocycles. The van der Waals surface area contributed by atoms with Crippen LogP contribution in [0.5, 0.6) is 0 Å². The van der Waals surface area contributed by atoms with E-state index in [1.165, 1.54) is 87.3 Å². The van der Waals surface area contributed by atoms with E-state index < -0.39 is 54.2 Å². The number of aldehydes is 1. The highest BCUT2D eigenvalue weighted by molar-refractivity contribution is 7.92. The van der Waals surface area contributed by atoms with Crippen LogP contribution in [-0.4, -0.2) is 296 Å². The molecule has 9 saturated heterocycles. The van der Waals surface area contributed by atoms with E-state index in [0.717, 1.165) is 180 Å². The number of hydrogen-bond acceptors (Lipinski definition) is 22. The van der Waals surface area contributed by atoms with E-state index in [1.807, 2.05) is 110 Å². The van der Waals surface area contributed by atoms with Crippen LogP contribution in [0.3, 0.4) is 0 Å². The fraction of sp³-hybridized carbons (Fsp3) is 0.657. The summed E-state index contributed by atoms with van der Waals surface area (Å²) in [6.07, 6.45) is 17.5. The molecule has 776 valence electrons. The van der Waals surface area contributed by atoms with Crippen LogP contribution < -0.4 is 24.6 Å². The SMILES string of the molecule is CCOC(=O)C1CCN(C)CC1.CCOC(=O)C1CCNCC1.CN1CCC(C=O)CC1.Cc1cc2c(cc1Cl)C1(CCN(C(=O)OC(C)(C)C)CC1)CN2.Cc1cc2c(cc1Cl)C1(CCN(C(=O)OC(C)(C)C)CC1)CN2S(C)(=O)=O.Cc1cc2c(cc1Cl)C1(CCN(C(=O)[C@@H]3CN(C4CCOCC4)C[C@H]3c3ccc(F)cc3F)CC1)CN2S(C)(=O)=O.Cc1cc2c(cc1Cl)C1(CCN(C)CC1)CN2. The highest BCUT2D eigenvalue weighted by Crippen LogP contribution is 2.54. The van der Waals surface area contributed by atoms with Gasteiger partial charge in [-0.05, 0) is 364 Å². The molecule has 9 fully saturated rings. The first kappa shape index (κ1) is 111. The minimum absolute atomic E-state index is 0.00870. The van der Waals surface area contributed by atoms with Gasteiger partial charge in [0.1, 0.15) is 29.1 Å². The van der Waals surface area contributed by atoms with E-state index in [4.69, 9.17) is 70.1 Å². The lowest BCUT2D eigenvalue weighted by molar-refractivity contribution is -0.150. The molecule has 0 radical (unpaired) electrons. The van der Waals surface area contributed by atoms with Crippen molar-refractivity contribution in [3.63, 3.8) is 0 Å². The molecule has 5 aromatic rings. The standard InChI is InChI=1S/C30H36ClF2N3O4S.C19H27ClN2O4S.C18H25ClN2O2.C14H19ClN2.C9H17NO2.C8H15NO2.C7H13NO/c1-19-13-28-25(15-26(19)31)30(18-36(28)41(2,38)39)7-9-34(10-8-30)29(37)24-17-35(21-5-11-40-12-6-21)16-23(24)22-4-3-20(32)14-27(22)33;1-13-10-16-14(11-15(13)20)19(12-22(16)27(5,24)25)6-8-21(9-7-19)17(23)26-18(2,3)4;1-12-9-15-13(10-14(12)19)18(11-20-15)5-7-21(8-6-18)16(22)23-17(2,3)4;1-10-7-13-11(8-12(10)15)14(9-16-13)3-5-17(2)6-4-14;1-3-12-9(11)8-4-6-10(2)7-5-8;1-2-11-8(10)7-3-5-9-6-4-7;1-8-4-2-7(6-9)3-5-8/h3-4,13-15,21,23-24H,5-12,16-18H2,1-2H3;10-11H,6-9,12H2,1-5H3;9-10,20H,5-8,11H2,1-4H3;7-8,16H,3-6,9H2,1-2H3;8H,3-7H2,1-2H3;7,9H,2-6H2,1H3;6-7H,2-5H2,1H3/t23-,24+;;;;;;/m0....../s1. The van der Waals surface area contributed by atoms with Crippen molar-refractivity contribution in [2.24, 2.45) is 23.7 Å². The van der Waals surface area contributed by atoms with Gasteiger partial charge >= 0.3 is 24.1 Å². The van der Waals surface area contributed by atoms with Crippen molar-refractivity contribution < 1.29 is 78.1 Å². The third-order valence-corrected chi connectivity index (χ3v) is 34.5. The van der Waals surface area contributed by atoms with Crippen LogP contribution in [0.15, 0.2) is 66.7 Å². The third kappa shape index (κ3) is 27.7. The molecule has 0 unspecified atom stereocenters. The number of nitrogens with one attached hydrogen (secondary N) is 3. The Labute approximate surface area is 850 Å². The predicted octanol–water partition coefficient (Wildman–Crippen LogP) is 17.5. The molecule has 18 rings (SSSR count). The van der Waals surface area contributed by atoms with Crippen molar-refractivity contribution in [1.82, 2.24) is 39.6 Å². The summed E-state index contributed by atoms with van der Waals surface area (Å²) in [7, 11) is -0.493. The molecule has 13 aliphatic rings. The number of benzene rings is 5. The number of carbonyl (C=O) groups is 6. The zero-order valence-corrected chi connectivity index (χ0v) is 90.1. The Bertz CT molecular complexity index is 5400. The molecule has 3 N–H and O–H groups in total. The molecular weight excluding hydrogens is 1910 g/mol. The van der Waals surface area contributed by atoms with E-state index in [9.17, 15) is 50.0 Å². The van der Waals surface area contributed by atoms with Gasteiger partial charge in [0, 0.05) is 169 Å². The van der Waals surface area contributed by atoms with Crippen molar-refractivity contribution in [3.8, 4) is 0 Å². The number of anilines is 4. The summed E-state index contributed by atoms with van der Waals surface area (Å²) in [6.45, 7) is 40.8. The van der Waals surface area contributed by atoms with Gasteiger partial charge in [-0.25, -0.2) is 35.2 Å². The summed E-state index contributed by atoms with van der Waals surface area (Å²) in [4.78, 5) is 86.0. The third-order valence-electron chi connectivity index (χ3n) is 30.6. The number of amides is 3. The summed E-state index contributed by atoms with van der Waals surface area (Å²) in [5.74, 6) is -1.48. The summed E-state index contributed by atoms with van der Waals surface area (Å²) in [5, 5.41) is 13.3. The van der Waals surface area contributed by atoms with Gasteiger partial charge in [0.05, 0.1) is 54.9 Å². The van der Waals surface area contributed by atoms with Crippen molar-refractivity contribution in [3.05, 3.63) is 149 Å². The largest absolute Gasteiger partial charge is 0.466 e. The van der Waals surface area contributed by atoms with Gasteiger partial charge in [-0.15, -0.1) is 0 Å². The second-order valence-corrected chi connectivity index (χ2v) is 48.5. The van der Waals surface area contributed by atoms with Crippen molar-refractivity contribution >= 4 is 126 Å². The lowest BCUT2D eigenvalue weighted by Crippen LogP contribution is -2.50. The number of carbonyl (C=O) groups excluding carboxylic acids is 6. The number of likely N-dealkylation sites (tertiary alicyclic amines) is 7. The summed E-state index contributed by atoms with van der Waals surface area (Å²) < 4.78 is 108. The monoisotopic (exact) mass is 2060 g/mol. The Morgan fingerprint density at radius 1 is 0.486 bits per heavy atom. The van der Waals surface area contributed by atoms with Gasteiger partial charge in [0.15, 0.2) is 0 Å². The first-order valence-electron chi connectivity index (χ1n) is 50.2. The van der Waals surface area contributed by atoms with Crippen LogP contribution in [0.2, 0.25) is 20.1 Å². The smallest absolute Gasteiger partial charge is 0.410 e. The van der Waals surface area contributed by atoms with Gasteiger partial charge in [-0.3, -0.25) is 27.9 Å². The molecule has 3 amide bonds. The fourth-order valence-electron chi connectivity index (χ4n) is 21.9. The van der Waals surface area contributed by atoms with Crippen LogP contribution in [0.25, 0.3) is 0 Å². The van der Waals surface area contributed by atoms with E-state index in [1.54, 1.807) is 4.90 Å². The Morgan fingerprint density at radius 2 is 0.864 bits per heavy atom. The molecule has 0 aromatic heterocycles. The topological polar surface area (TPSA) is 282 Å². The second kappa shape index (κ2) is 47.4. The fourth-order valence-corrected chi connectivity index (χ4v) is 24.6. The Morgan fingerprint density at radius 3 is 1.26 bits per heavy atom. The quantitative estimate of drug-likeness (QED) is 0.0665. The summed E-state index contributed by atoms with van der Waals surface area (Å²) >= 11 is 25.5. The maximum Gasteiger partial charge on any atom is 0.410 e. The maximum atomic E-state index is 15.0. The highest BCUT2D eigenvalue weighted by atomic mass is 35.5. The molecule has 140 heavy (non-hydrogen) atoms. The molecule has 0 bridgehead atoms. The van der Waals surface area contributed by atoms with Gasteiger partial charge in [-0.2, -0.15) is 0 Å². The number of ether oxygens (including phenoxy) is 5. The number of esters is 2. The Hall–Kier alpha value is -7.40. The molecule has 27 nitrogen and oxygen atoms in total. The molecular formula is C105H152Cl4F2N12O15S2. The number of hydrogen-bond donors (Lipinski definition) is 3. The summed E-state index contributed by atoms with van der Waals surface area (Å²) in [5.41, 5.74) is 11.5. The van der Waals surface area contributed by atoms with Gasteiger partial charge in [0.2, 0.25) is 26.0 Å². The maximum absolute atomic E-state index is 15.0. The zero-order valence-electron chi connectivity index (χ0n) is 85.4. The number of sulfonamides is 2. The second-order valence-electron chi connectivity index (χ2n) is 43.0. The van der Waals surface area contributed by atoms with Crippen LogP contribution in [-0.2, 0) is 84.6 Å². The molecule has 2 atom stereocenters. The molecule has 13 aliphatic heterocycles. The molecule has 4 spiro atoms. The average Bonchev–Trinajstić information content (AvgIpc) is 1.57. The number of rotatable bonds is 10. The lowest BCUT2D eigenvalue weighted by Gasteiger charge is -2.41. The minimum Gasteiger partial charge on any atom is -0.466 e. The van der Waals surface area contributed by atoms with Gasteiger partial charge < -0.3 is 73.8 Å². The number of fused-ring (bicyclic) bond motifs is 8. The van der Waals surface area contributed by atoms with Crippen LogP contribution >= 0.6 is 46.4 Å². The number of piperidine rings is 7. The van der Waals surface area contributed by atoms with Crippen molar-refractivity contribution in [2.75, 3.05) is 210 Å². The first-order chi connectivity index (χ1) is 66.0. The summed E-state index contributed by atoms with van der Waals surface area (Å²) in [6, 6.07) is 20.0. The highest BCUT2D eigenvalue weighted by Gasteiger charge is 2.53. The molecule has 0 aliphatic carbocycles. The minimum atomic E-state index is -3.49. The average molecular weight is 2070 g/mol. The lowest BCUT2D eigenvalue weighted by atomic mass is 9.74. The van der Waals surface area contributed by atoms with Gasteiger partial charge in [-0.1, -0.05) is 52.5 Å². The van der Waals surface area contributed by atoms with Gasteiger partial charge in [0.25, 0.3) is 0 Å². The number of halogens is 6. The van der Waals surface area contributed by atoms with Crippen LogP contribution in [0.4, 0.5) is 41.1 Å². The van der Waals surface area contributed by atoms with Crippen molar-refractivity contribution in [2.45, 2.75) is 231 Å². The van der Waals surface area contributed by atoms with E-state index in [0.29, 0.717) is 143 Å². The zero-order chi connectivity index (χ0) is 102. The number of aryl methyl sites for hydroxylation is 4. The van der Waals surface area contributed by atoms with Crippen LogP contribution in [0, 0.1) is 63.0 Å². The van der Waals surface area contributed by atoms with Crippen LogP contribution in [0.1, 0.15) is 214 Å². The molecule has 0 saturated carbocycles. The number of nitrogens with zero attached hydrogens (tertiary/aromatic N) is 9. The van der Waals surface area contributed by atoms with E-state index in [-0.39, 0.29) is 64.7 Å². The van der Waals surface area contributed by atoms with Crippen molar-refractivity contribution in [1.29, 1.82) is 0 Å². The molecule has 35 heteroatoms. The Kier molecular flexibility index (Phi) is 37.7.